The second kappa shape index (κ2) is 11.5. The van der Waals surface area contributed by atoms with E-state index in [2.05, 4.69) is 0 Å². The fourth-order valence-corrected chi connectivity index (χ4v) is 3.72. The molecule has 0 spiro atoms. The lowest BCUT2D eigenvalue weighted by atomic mass is 10.0. The van der Waals surface area contributed by atoms with Gasteiger partial charge >= 0.3 is 18.1 Å². The van der Waals surface area contributed by atoms with Gasteiger partial charge < -0.3 is 19.3 Å². The Labute approximate surface area is 198 Å². The highest BCUT2D eigenvalue weighted by atomic mass is 16.7. The number of carbonyl (C=O) groups excluding carboxylic acids is 2. The number of carboxylic acid groups (broad SMARTS) is 1. The highest BCUT2D eigenvalue weighted by Crippen LogP contribution is 2.25. The Bertz CT molecular complexity index is 979. The van der Waals surface area contributed by atoms with Crippen LogP contribution in [-0.4, -0.2) is 65.7 Å². The van der Waals surface area contributed by atoms with E-state index in [0.717, 1.165) is 16.0 Å². The lowest BCUT2D eigenvalue weighted by molar-refractivity contribution is -0.170. The van der Waals surface area contributed by atoms with Crippen molar-refractivity contribution in [2.24, 2.45) is 5.92 Å². The van der Waals surface area contributed by atoms with Gasteiger partial charge in [0, 0.05) is 6.54 Å². The normalized spacial score (nSPS) is 17.5. The summed E-state index contributed by atoms with van der Waals surface area (Å²) in [4.78, 5) is 39.6. The number of ether oxygens (including phenoxy) is 3. The molecule has 3 amide bonds. The molecule has 0 bridgehead atoms. The van der Waals surface area contributed by atoms with Crippen LogP contribution in [0.5, 0.6) is 5.75 Å². The molecule has 1 heterocycles. The van der Waals surface area contributed by atoms with E-state index >= 15 is 0 Å². The van der Waals surface area contributed by atoms with Crippen molar-refractivity contribution in [3.63, 3.8) is 0 Å². The number of benzene rings is 2. The molecule has 9 nitrogen and oxygen atoms in total. The van der Waals surface area contributed by atoms with Gasteiger partial charge in [-0.3, -0.25) is 9.69 Å². The zero-order chi connectivity index (χ0) is 24.7. The molecule has 1 fully saturated rings. The van der Waals surface area contributed by atoms with Crippen molar-refractivity contribution in [2.75, 3.05) is 20.4 Å². The summed E-state index contributed by atoms with van der Waals surface area (Å²) in [6, 6.07) is 15.0. The summed E-state index contributed by atoms with van der Waals surface area (Å²) in [7, 11) is 1.56. The largest absolute Gasteiger partial charge is 0.497 e. The van der Waals surface area contributed by atoms with Crippen molar-refractivity contribution >= 4 is 18.1 Å². The zero-order valence-corrected chi connectivity index (χ0v) is 19.5. The van der Waals surface area contributed by atoms with Crippen molar-refractivity contribution < 1.29 is 33.7 Å². The number of rotatable bonds is 8. The number of amides is 3. The molecule has 1 N–H and O–H groups in total. The van der Waals surface area contributed by atoms with Crippen LogP contribution in [0.4, 0.5) is 9.59 Å². The lowest BCUT2D eigenvalue weighted by Gasteiger charge is -2.30. The fourth-order valence-electron chi connectivity index (χ4n) is 3.72. The Morgan fingerprint density at radius 3 is 2.35 bits per heavy atom. The van der Waals surface area contributed by atoms with Crippen LogP contribution in [0.25, 0.3) is 0 Å². The summed E-state index contributed by atoms with van der Waals surface area (Å²) < 4.78 is 16.4. The van der Waals surface area contributed by atoms with Crippen molar-refractivity contribution in [2.45, 2.75) is 39.0 Å². The molecule has 0 saturated carbocycles. The Hall–Kier alpha value is -3.59. The lowest BCUT2D eigenvalue weighted by Crippen LogP contribution is -2.51. The molecule has 2 unspecified atom stereocenters. The number of urea groups is 1. The van der Waals surface area contributed by atoms with Crippen LogP contribution in [0.1, 0.15) is 25.0 Å². The number of methoxy groups -OCH3 is 1. The molecule has 2 aromatic carbocycles. The van der Waals surface area contributed by atoms with Gasteiger partial charge in [0.1, 0.15) is 18.5 Å². The van der Waals surface area contributed by atoms with Gasteiger partial charge in [-0.15, -0.1) is 0 Å². The molecule has 0 radical (unpaired) electrons. The molecule has 1 saturated heterocycles. The highest BCUT2D eigenvalue weighted by Gasteiger charge is 2.43. The monoisotopic (exact) mass is 470 g/mol. The summed E-state index contributed by atoms with van der Waals surface area (Å²) in [5.74, 6) is 0.117. The average molecular weight is 471 g/mol. The van der Waals surface area contributed by atoms with Crippen LogP contribution in [0.3, 0.4) is 0 Å². The molecule has 0 aliphatic carbocycles. The number of esters is 1. The number of hydrogen-bond acceptors (Lipinski definition) is 6. The molecule has 34 heavy (non-hydrogen) atoms. The average Bonchev–Trinajstić information content (AvgIpc) is 3.19. The van der Waals surface area contributed by atoms with E-state index in [9.17, 15) is 19.5 Å². The molecule has 0 aromatic heterocycles. The smallest absolute Gasteiger partial charge is 0.415 e. The predicted molar refractivity (Wildman–Crippen MR) is 123 cm³/mol. The minimum absolute atomic E-state index is 0.0183. The van der Waals surface area contributed by atoms with Crippen molar-refractivity contribution in [1.29, 1.82) is 0 Å². The zero-order valence-electron chi connectivity index (χ0n) is 19.5. The summed E-state index contributed by atoms with van der Waals surface area (Å²) in [5, 5.41) is 9.59. The maximum Gasteiger partial charge on any atom is 0.415 e. The van der Waals surface area contributed by atoms with E-state index in [1.807, 2.05) is 44.2 Å². The van der Waals surface area contributed by atoms with Gasteiger partial charge in [0.25, 0.3) is 0 Å². The second-order valence-electron chi connectivity index (χ2n) is 8.48. The van der Waals surface area contributed by atoms with Crippen molar-refractivity contribution in [3.05, 3.63) is 65.7 Å². The Kier molecular flexibility index (Phi) is 8.48. The number of hydrogen-bond donors (Lipinski definition) is 1. The van der Waals surface area contributed by atoms with Crippen LogP contribution in [-0.2, 0) is 27.1 Å². The summed E-state index contributed by atoms with van der Waals surface area (Å²) in [6.45, 7) is 3.52. The van der Waals surface area contributed by atoms with Gasteiger partial charge in [-0.1, -0.05) is 56.3 Å². The third kappa shape index (κ3) is 6.48. The number of imide groups is 1. The minimum atomic E-state index is -1.34. The maximum atomic E-state index is 13.1. The summed E-state index contributed by atoms with van der Waals surface area (Å²) in [6.07, 6.45) is -2.01. The molecule has 182 valence electrons. The van der Waals surface area contributed by atoms with Gasteiger partial charge in [-0.25, -0.2) is 14.5 Å². The molecule has 1 aliphatic heterocycles. The Balaban J connectivity index is 1.76. The number of carbonyl (C=O) groups is 3. The minimum Gasteiger partial charge on any atom is -0.497 e. The third-order valence-corrected chi connectivity index (χ3v) is 5.39. The Morgan fingerprint density at radius 1 is 1.09 bits per heavy atom. The molecule has 2 atom stereocenters. The summed E-state index contributed by atoms with van der Waals surface area (Å²) in [5.41, 5.74) is 1.64. The van der Waals surface area contributed by atoms with E-state index in [0.29, 0.717) is 12.2 Å². The molecule has 1 aliphatic rings. The second-order valence-corrected chi connectivity index (χ2v) is 8.48. The first-order chi connectivity index (χ1) is 16.3. The van der Waals surface area contributed by atoms with Gasteiger partial charge in [0.05, 0.1) is 13.5 Å². The first-order valence-corrected chi connectivity index (χ1v) is 11.1. The van der Waals surface area contributed by atoms with Crippen molar-refractivity contribution in [1.82, 2.24) is 9.80 Å². The van der Waals surface area contributed by atoms with Crippen molar-refractivity contribution in [3.8, 4) is 5.75 Å². The fraction of sp³-hybridized carbons (Fsp3) is 0.400. The molecule has 9 heteroatoms. The third-order valence-electron chi connectivity index (χ3n) is 5.39. The van der Waals surface area contributed by atoms with Crippen LogP contribution < -0.4 is 4.74 Å². The van der Waals surface area contributed by atoms with E-state index < -0.39 is 30.4 Å². The van der Waals surface area contributed by atoms with Gasteiger partial charge in [0.2, 0.25) is 6.29 Å². The van der Waals surface area contributed by atoms with E-state index in [-0.39, 0.29) is 25.6 Å². The van der Waals surface area contributed by atoms with E-state index in [4.69, 9.17) is 14.2 Å². The van der Waals surface area contributed by atoms with Gasteiger partial charge in [-0.2, -0.15) is 0 Å². The van der Waals surface area contributed by atoms with Crippen LogP contribution in [0.15, 0.2) is 54.6 Å². The first-order valence-electron chi connectivity index (χ1n) is 11.1. The molecular weight excluding hydrogens is 440 g/mol. The maximum absolute atomic E-state index is 13.1. The predicted octanol–water partition coefficient (Wildman–Crippen LogP) is 3.76. The topological polar surface area (TPSA) is 106 Å². The number of nitrogens with zero attached hydrogens (tertiary/aromatic N) is 2. The van der Waals surface area contributed by atoms with E-state index in [1.165, 1.54) is 4.90 Å². The Morgan fingerprint density at radius 2 is 1.76 bits per heavy atom. The van der Waals surface area contributed by atoms with Crippen LogP contribution >= 0.6 is 0 Å². The molecular formula is C25H30N2O7. The highest BCUT2D eigenvalue weighted by molar-refractivity contribution is 5.90. The molecule has 3 rings (SSSR count). The van der Waals surface area contributed by atoms with Crippen LogP contribution in [0, 0.1) is 5.92 Å². The van der Waals surface area contributed by atoms with Crippen LogP contribution in [0.2, 0.25) is 0 Å². The molecule has 2 aromatic rings. The summed E-state index contributed by atoms with van der Waals surface area (Å²) >= 11 is 0. The van der Waals surface area contributed by atoms with Gasteiger partial charge in [-0.05, 0) is 35.6 Å². The first kappa shape index (κ1) is 25.0. The standard InChI is InChI=1S/C25H30N2O7/c1-17(2)15-26(25(30)31)24(29)27-16-33-23(21(27)13-18-7-5-4-6-8-18)34-22(28)14-19-9-11-20(32-3)12-10-19/h4-12,17,21,23H,13-16H2,1-3H3,(H,30,31). The quantitative estimate of drug-likeness (QED) is 0.586. The SMILES string of the molecule is COc1ccc(CC(=O)OC2OCN(C(=O)N(CC(C)C)C(=O)O)C2Cc2ccccc2)cc1. The van der Waals surface area contributed by atoms with E-state index in [1.54, 1.807) is 31.4 Å². The van der Waals surface area contributed by atoms with Gasteiger partial charge in [0.15, 0.2) is 0 Å².